The first kappa shape index (κ1) is 14.0. The van der Waals surface area contributed by atoms with Crippen molar-refractivity contribution in [3.8, 4) is 5.75 Å². The summed E-state index contributed by atoms with van der Waals surface area (Å²) < 4.78 is 5.41. The normalized spacial score (nSPS) is 12.1. The van der Waals surface area contributed by atoms with Crippen molar-refractivity contribution < 1.29 is 4.74 Å². The lowest BCUT2D eigenvalue weighted by atomic mass is 10.1. The minimum atomic E-state index is 0.363. The van der Waals surface area contributed by atoms with E-state index >= 15 is 0 Å². The maximum atomic E-state index is 5.75. The second-order valence-corrected chi connectivity index (χ2v) is 5.49. The monoisotopic (exact) mass is 273 g/mol. The number of nitrogens with two attached hydrogens (primary N) is 1. The smallest absolute Gasteiger partial charge is 0.132 e. The molecule has 0 aliphatic rings. The van der Waals surface area contributed by atoms with Gasteiger partial charge < -0.3 is 10.5 Å². The number of benzene rings is 2. The van der Waals surface area contributed by atoms with Crippen LogP contribution in [0.1, 0.15) is 17.2 Å². The summed E-state index contributed by atoms with van der Waals surface area (Å²) in [6.07, 6.45) is 0.951. The van der Waals surface area contributed by atoms with Gasteiger partial charge in [0.25, 0.3) is 0 Å². The predicted molar refractivity (Wildman–Crippen MR) is 81.7 cm³/mol. The SMILES string of the molecule is COc1ccccc1SC(CCN)c1ccccc1. The fourth-order valence-corrected chi connectivity index (χ4v) is 3.26. The first-order valence-electron chi connectivity index (χ1n) is 6.40. The Kier molecular flexibility index (Phi) is 5.31. The summed E-state index contributed by atoms with van der Waals surface area (Å²) in [5, 5.41) is 0.363. The van der Waals surface area contributed by atoms with E-state index in [9.17, 15) is 0 Å². The van der Waals surface area contributed by atoms with Crippen molar-refractivity contribution in [2.75, 3.05) is 13.7 Å². The maximum absolute atomic E-state index is 5.75. The minimum Gasteiger partial charge on any atom is -0.496 e. The van der Waals surface area contributed by atoms with Gasteiger partial charge in [0.2, 0.25) is 0 Å². The maximum Gasteiger partial charge on any atom is 0.132 e. The molecule has 0 bridgehead atoms. The Morgan fingerprint density at radius 2 is 1.74 bits per heavy atom. The predicted octanol–water partition coefficient (Wildman–Crippen LogP) is 3.88. The third-order valence-corrected chi connectivity index (χ3v) is 4.32. The Bertz CT molecular complexity index is 501. The average Bonchev–Trinajstić information content (AvgIpc) is 2.48. The Balaban J connectivity index is 2.21. The summed E-state index contributed by atoms with van der Waals surface area (Å²) in [4.78, 5) is 1.16. The molecule has 0 fully saturated rings. The minimum absolute atomic E-state index is 0.363. The van der Waals surface area contributed by atoms with Crippen molar-refractivity contribution in [3.05, 3.63) is 60.2 Å². The topological polar surface area (TPSA) is 35.2 Å². The van der Waals surface area contributed by atoms with Crippen LogP contribution in [0.15, 0.2) is 59.5 Å². The van der Waals surface area contributed by atoms with E-state index in [0.717, 1.165) is 17.1 Å². The molecule has 0 spiro atoms. The van der Waals surface area contributed by atoms with Crippen LogP contribution in [0.3, 0.4) is 0 Å². The van der Waals surface area contributed by atoms with Gasteiger partial charge >= 0.3 is 0 Å². The van der Waals surface area contributed by atoms with E-state index in [1.165, 1.54) is 5.56 Å². The lowest BCUT2D eigenvalue weighted by Crippen LogP contribution is -2.05. The van der Waals surface area contributed by atoms with Crippen molar-refractivity contribution >= 4 is 11.8 Å². The molecule has 2 N–H and O–H groups in total. The van der Waals surface area contributed by atoms with E-state index in [1.807, 2.05) is 36.0 Å². The van der Waals surface area contributed by atoms with Crippen LogP contribution in [-0.2, 0) is 0 Å². The zero-order valence-corrected chi connectivity index (χ0v) is 11.9. The fourth-order valence-electron chi connectivity index (χ4n) is 1.98. The van der Waals surface area contributed by atoms with Crippen molar-refractivity contribution in [1.29, 1.82) is 0 Å². The van der Waals surface area contributed by atoms with Crippen LogP contribution in [0.4, 0.5) is 0 Å². The van der Waals surface area contributed by atoms with Gasteiger partial charge in [-0.25, -0.2) is 0 Å². The molecule has 0 aliphatic carbocycles. The highest BCUT2D eigenvalue weighted by Crippen LogP contribution is 2.41. The molecule has 0 aromatic heterocycles. The molecule has 0 saturated carbocycles. The molecule has 2 aromatic rings. The molecule has 0 heterocycles. The number of hydrogen-bond acceptors (Lipinski definition) is 3. The molecular weight excluding hydrogens is 254 g/mol. The summed E-state index contributed by atoms with van der Waals surface area (Å²) in [6.45, 7) is 0.682. The van der Waals surface area contributed by atoms with Crippen LogP contribution in [-0.4, -0.2) is 13.7 Å². The van der Waals surface area contributed by atoms with Crippen LogP contribution in [0, 0.1) is 0 Å². The number of hydrogen-bond donors (Lipinski definition) is 1. The van der Waals surface area contributed by atoms with E-state index in [4.69, 9.17) is 10.5 Å². The van der Waals surface area contributed by atoms with Crippen molar-refractivity contribution in [2.45, 2.75) is 16.6 Å². The Hall–Kier alpha value is -1.45. The van der Waals surface area contributed by atoms with Gasteiger partial charge in [0.15, 0.2) is 0 Å². The number of thioether (sulfide) groups is 1. The van der Waals surface area contributed by atoms with Gasteiger partial charge in [0.05, 0.1) is 7.11 Å². The Morgan fingerprint density at radius 1 is 1.05 bits per heavy atom. The molecular formula is C16H19NOS. The first-order chi connectivity index (χ1) is 9.35. The quantitative estimate of drug-likeness (QED) is 0.811. The van der Waals surface area contributed by atoms with Gasteiger partial charge in [0.1, 0.15) is 5.75 Å². The Morgan fingerprint density at radius 3 is 2.42 bits per heavy atom. The molecule has 2 nitrogen and oxygen atoms in total. The Labute approximate surface area is 119 Å². The molecule has 3 heteroatoms. The van der Waals surface area contributed by atoms with E-state index in [-0.39, 0.29) is 0 Å². The molecule has 0 amide bonds. The fraction of sp³-hybridized carbons (Fsp3) is 0.250. The largest absolute Gasteiger partial charge is 0.496 e. The van der Waals surface area contributed by atoms with Gasteiger partial charge in [-0.1, -0.05) is 42.5 Å². The summed E-state index contributed by atoms with van der Waals surface area (Å²) in [5.41, 5.74) is 7.06. The third-order valence-electron chi connectivity index (χ3n) is 2.94. The highest BCUT2D eigenvalue weighted by molar-refractivity contribution is 7.99. The van der Waals surface area contributed by atoms with Gasteiger partial charge in [0, 0.05) is 10.1 Å². The zero-order chi connectivity index (χ0) is 13.5. The lowest BCUT2D eigenvalue weighted by molar-refractivity contribution is 0.404. The van der Waals surface area contributed by atoms with Gasteiger partial charge in [-0.15, -0.1) is 11.8 Å². The third kappa shape index (κ3) is 3.75. The molecule has 1 atom stereocenters. The lowest BCUT2D eigenvalue weighted by Gasteiger charge is -2.17. The molecule has 0 aliphatic heterocycles. The van der Waals surface area contributed by atoms with Crippen LogP contribution >= 0.6 is 11.8 Å². The molecule has 0 radical (unpaired) electrons. The van der Waals surface area contributed by atoms with E-state index in [1.54, 1.807) is 7.11 Å². The number of methoxy groups -OCH3 is 1. The van der Waals surface area contributed by atoms with E-state index in [2.05, 4.69) is 30.3 Å². The second-order valence-electron chi connectivity index (χ2n) is 4.25. The molecule has 2 rings (SSSR count). The van der Waals surface area contributed by atoms with Gasteiger partial charge in [-0.05, 0) is 30.7 Å². The van der Waals surface area contributed by atoms with Crippen LogP contribution in [0.25, 0.3) is 0 Å². The summed E-state index contributed by atoms with van der Waals surface area (Å²) >= 11 is 1.81. The standard InChI is InChI=1S/C16H19NOS/c1-18-14-9-5-6-10-16(14)19-15(11-12-17)13-7-3-2-4-8-13/h2-10,15H,11-12,17H2,1H3. The van der Waals surface area contributed by atoms with Crippen molar-refractivity contribution in [3.63, 3.8) is 0 Å². The number of ether oxygens (including phenoxy) is 1. The summed E-state index contributed by atoms with van der Waals surface area (Å²) in [5.74, 6) is 0.922. The molecule has 19 heavy (non-hydrogen) atoms. The van der Waals surface area contributed by atoms with Gasteiger partial charge in [-0.3, -0.25) is 0 Å². The highest BCUT2D eigenvalue weighted by Gasteiger charge is 2.14. The summed E-state index contributed by atoms with van der Waals surface area (Å²) in [6, 6.07) is 18.6. The number of rotatable bonds is 6. The zero-order valence-electron chi connectivity index (χ0n) is 11.1. The molecule has 0 saturated heterocycles. The van der Waals surface area contributed by atoms with Crippen LogP contribution in [0.5, 0.6) is 5.75 Å². The van der Waals surface area contributed by atoms with E-state index < -0.39 is 0 Å². The second kappa shape index (κ2) is 7.22. The van der Waals surface area contributed by atoms with Gasteiger partial charge in [-0.2, -0.15) is 0 Å². The van der Waals surface area contributed by atoms with Crippen molar-refractivity contribution in [1.82, 2.24) is 0 Å². The molecule has 1 unspecified atom stereocenters. The van der Waals surface area contributed by atoms with Crippen LogP contribution in [0.2, 0.25) is 0 Å². The first-order valence-corrected chi connectivity index (χ1v) is 7.28. The number of para-hydroxylation sites is 1. The summed E-state index contributed by atoms with van der Waals surface area (Å²) in [7, 11) is 1.71. The highest BCUT2D eigenvalue weighted by atomic mass is 32.2. The van der Waals surface area contributed by atoms with E-state index in [0.29, 0.717) is 11.8 Å². The van der Waals surface area contributed by atoms with Crippen molar-refractivity contribution in [2.24, 2.45) is 5.73 Å². The molecule has 100 valence electrons. The average molecular weight is 273 g/mol. The molecule has 2 aromatic carbocycles. The van der Waals surface area contributed by atoms with Crippen LogP contribution < -0.4 is 10.5 Å².